The molecule has 7 heteroatoms. The lowest BCUT2D eigenvalue weighted by Gasteiger charge is -2.13. The Kier molecular flexibility index (Phi) is 7.45. The van der Waals surface area contributed by atoms with E-state index in [1.165, 1.54) is 20.5 Å². The van der Waals surface area contributed by atoms with Gasteiger partial charge in [-0.2, -0.15) is 0 Å². The van der Waals surface area contributed by atoms with Crippen LogP contribution in [-0.4, -0.2) is 26.1 Å². The molecule has 3 aromatic rings. The molecular weight excluding hydrogens is 462 g/mol. The van der Waals surface area contributed by atoms with Gasteiger partial charge in [-0.25, -0.2) is 4.79 Å². The first-order chi connectivity index (χ1) is 15.0. The van der Waals surface area contributed by atoms with Gasteiger partial charge in [0.1, 0.15) is 17.1 Å². The van der Waals surface area contributed by atoms with E-state index in [0.29, 0.717) is 28.3 Å². The third-order valence-electron chi connectivity index (χ3n) is 4.22. The van der Waals surface area contributed by atoms with E-state index in [1.54, 1.807) is 66.7 Å². The van der Waals surface area contributed by atoms with E-state index in [4.69, 9.17) is 14.2 Å². The molecule has 0 spiro atoms. The number of carbonyl (C=O) groups excluding carboxylic acids is 2. The van der Waals surface area contributed by atoms with Crippen molar-refractivity contribution in [3.05, 3.63) is 94.7 Å². The summed E-state index contributed by atoms with van der Waals surface area (Å²) in [4.78, 5) is 24.7. The molecule has 0 unspecified atom stereocenters. The molecule has 0 aliphatic carbocycles. The average molecular weight is 482 g/mol. The molecule has 0 heterocycles. The van der Waals surface area contributed by atoms with Crippen molar-refractivity contribution < 1.29 is 23.8 Å². The zero-order valence-corrected chi connectivity index (χ0v) is 18.5. The van der Waals surface area contributed by atoms with E-state index >= 15 is 0 Å². The number of benzene rings is 3. The Morgan fingerprint density at radius 2 is 1.71 bits per heavy atom. The second-order valence-corrected chi connectivity index (χ2v) is 7.27. The highest BCUT2D eigenvalue weighted by molar-refractivity contribution is 9.10. The van der Waals surface area contributed by atoms with Crippen LogP contribution in [0.5, 0.6) is 11.5 Å². The van der Waals surface area contributed by atoms with Crippen molar-refractivity contribution in [1.29, 1.82) is 0 Å². The first-order valence-electron chi connectivity index (χ1n) is 9.27. The van der Waals surface area contributed by atoms with E-state index < -0.39 is 5.97 Å². The molecule has 0 fully saturated rings. The Balaban J connectivity index is 1.84. The van der Waals surface area contributed by atoms with Crippen molar-refractivity contribution in [3.8, 4) is 11.5 Å². The molecule has 158 valence electrons. The lowest BCUT2D eigenvalue weighted by molar-refractivity contribution is -0.133. The van der Waals surface area contributed by atoms with E-state index in [0.717, 1.165) is 4.47 Å². The van der Waals surface area contributed by atoms with Crippen molar-refractivity contribution in [1.82, 2.24) is 0 Å². The van der Waals surface area contributed by atoms with Gasteiger partial charge < -0.3 is 19.5 Å². The van der Waals surface area contributed by atoms with Crippen molar-refractivity contribution in [2.24, 2.45) is 0 Å². The predicted molar refractivity (Wildman–Crippen MR) is 122 cm³/mol. The molecule has 0 saturated carbocycles. The van der Waals surface area contributed by atoms with Gasteiger partial charge in [-0.05, 0) is 36.4 Å². The standard InChI is InChI=1S/C24H20BrNO5/c1-29-15-21(24(28)30-2)20-11-3-4-12-22(20)31-19-10-6-9-18(14-19)26-23(27)16-7-5-8-17(25)13-16/h3-15H,1-2H3,(H,26,27)/b21-15+. The molecular formula is C24H20BrNO5. The Hall–Kier alpha value is -3.58. The van der Waals surface area contributed by atoms with Crippen LogP contribution in [0.1, 0.15) is 15.9 Å². The van der Waals surface area contributed by atoms with Crippen molar-refractivity contribution in [3.63, 3.8) is 0 Å². The molecule has 0 aliphatic heterocycles. The fourth-order valence-electron chi connectivity index (χ4n) is 2.82. The van der Waals surface area contributed by atoms with E-state index in [-0.39, 0.29) is 11.5 Å². The minimum absolute atomic E-state index is 0.222. The smallest absolute Gasteiger partial charge is 0.341 e. The van der Waals surface area contributed by atoms with Crippen LogP contribution in [0.4, 0.5) is 5.69 Å². The number of methoxy groups -OCH3 is 2. The highest BCUT2D eigenvalue weighted by Gasteiger charge is 2.18. The molecule has 0 aliphatic rings. The highest BCUT2D eigenvalue weighted by atomic mass is 79.9. The Labute approximate surface area is 188 Å². The minimum atomic E-state index is -0.548. The molecule has 31 heavy (non-hydrogen) atoms. The van der Waals surface area contributed by atoms with Gasteiger partial charge in [0.15, 0.2) is 0 Å². The van der Waals surface area contributed by atoms with E-state index in [1.807, 2.05) is 6.07 Å². The van der Waals surface area contributed by atoms with Gasteiger partial charge in [0.2, 0.25) is 0 Å². The zero-order chi connectivity index (χ0) is 22.2. The first kappa shape index (κ1) is 22.1. The maximum absolute atomic E-state index is 12.5. The number of carbonyl (C=O) groups is 2. The van der Waals surface area contributed by atoms with Crippen LogP contribution in [0.25, 0.3) is 5.57 Å². The molecule has 1 N–H and O–H groups in total. The number of hydrogen-bond acceptors (Lipinski definition) is 5. The lowest BCUT2D eigenvalue weighted by atomic mass is 10.1. The van der Waals surface area contributed by atoms with Gasteiger partial charge >= 0.3 is 5.97 Å². The molecule has 3 aromatic carbocycles. The third kappa shape index (κ3) is 5.73. The minimum Gasteiger partial charge on any atom is -0.503 e. The molecule has 0 radical (unpaired) electrons. The van der Waals surface area contributed by atoms with Crippen LogP contribution in [-0.2, 0) is 14.3 Å². The van der Waals surface area contributed by atoms with Gasteiger partial charge in [-0.3, -0.25) is 4.79 Å². The highest BCUT2D eigenvalue weighted by Crippen LogP contribution is 2.32. The van der Waals surface area contributed by atoms with E-state index in [2.05, 4.69) is 21.2 Å². The first-order valence-corrected chi connectivity index (χ1v) is 10.1. The normalized spacial score (nSPS) is 10.9. The van der Waals surface area contributed by atoms with Crippen LogP contribution in [0.2, 0.25) is 0 Å². The number of halogens is 1. The van der Waals surface area contributed by atoms with Crippen LogP contribution in [0.3, 0.4) is 0 Å². The number of para-hydroxylation sites is 1. The summed E-state index contributed by atoms with van der Waals surface area (Å²) in [6.45, 7) is 0. The molecule has 3 rings (SSSR count). The monoisotopic (exact) mass is 481 g/mol. The second kappa shape index (κ2) is 10.4. The summed E-state index contributed by atoms with van der Waals surface area (Å²) in [6, 6.07) is 21.1. The summed E-state index contributed by atoms with van der Waals surface area (Å²) >= 11 is 3.36. The molecule has 6 nitrogen and oxygen atoms in total. The molecule has 0 aromatic heterocycles. The number of anilines is 1. The second-order valence-electron chi connectivity index (χ2n) is 6.35. The number of esters is 1. The van der Waals surface area contributed by atoms with Gasteiger partial charge in [0.05, 0.1) is 20.5 Å². The van der Waals surface area contributed by atoms with Crippen LogP contribution in [0, 0.1) is 0 Å². The average Bonchev–Trinajstić information content (AvgIpc) is 2.78. The Morgan fingerprint density at radius 3 is 2.45 bits per heavy atom. The summed E-state index contributed by atoms with van der Waals surface area (Å²) in [6.07, 6.45) is 1.31. The van der Waals surface area contributed by atoms with Crippen molar-refractivity contribution in [2.45, 2.75) is 0 Å². The molecule has 1 amide bonds. The molecule has 0 bridgehead atoms. The predicted octanol–water partition coefficient (Wildman–Crippen LogP) is 5.65. The summed E-state index contributed by atoms with van der Waals surface area (Å²) < 4.78 is 16.7. The summed E-state index contributed by atoms with van der Waals surface area (Å²) in [5.41, 5.74) is 1.83. The molecule has 0 saturated heterocycles. The number of amides is 1. The van der Waals surface area contributed by atoms with Gasteiger partial charge in [-0.15, -0.1) is 0 Å². The van der Waals surface area contributed by atoms with Gasteiger partial charge in [-0.1, -0.05) is 46.3 Å². The van der Waals surface area contributed by atoms with Crippen molar-refractivity contribution in [2.75, 3.05) is 19.5 Å². The number of rotatable bonds is 7. The van der Waals surface area contributed by atoms with Gasteiger partial charge in [0, 0.05) is 27.4 Å². The maximum atomic E-state index is 12.5. The number of ether oxygens (including phenoxy) is 3. The summed E-state index contributed by atoms with van der Waals surface area (Å²) in [5, 5.41) is 2.85. The van der Waals surface area contributed by atoms with Crippen LogP contribution >= 0.6 is 15.9 Å². The maximum Gasteiger partial charge on any atom is 0.341 e. The quantitative estimate of drug-likeness (QED) is 0.268. The lowest BCUT2D eigenvalue weighted by Crippen LogP contribution is -2.11. The molecule has 0 atom stereocenters. The number of nitrogens with one attached hydrogen (secondary N) is 1. The van der Waals surface area contributed by atoms with Crippen molar-refractivity contribution >= 4 is 39.1 Å². The fourth-order valence-corrected chi connectivity index (χ4v) is 3.22. The fraction of sp³-hybridized carbons (Fsp3) is 0.0833. The largest absolute Gasteiger partial charge is 0.503 e. The Bertz CT molecular complexity index is 1130. The topological polar surface area (TPSA) is 73.9 Å². The third-order valence-corrected chi connectivity index (χ3v) is 4.72. The van der Waals surface area contributed by atoms with Crippen LogP contribution in [0.15, 0.2) is 83.5 Å². The van der Waals surface area contributed by atoms with E-state index in [9.17, 15) is 9.59 Å². The SMILES string of the molecule is CO/C=C(/C(=O)OC)c1ccccc1Oc1cccc(NC(=O)c2cccc(Br)c2)c1. The Morgan fingerprint density at radius 1 is 0.935 bits per heavy atom. The zero-order valence-electron chi connectivity index (χ0n) is 16.9. The number of hydrogen-bond donors (Lipinski definition) is 1. The summed E-state index contributed by atoms with van der Waals surface area (Å²) in [5.74, 6) is 0.135. The summed E-state index contributed by atoms with van der Waals surface area (Å²) in [7, 11) is 2.75. The van der Waals surface area contributed by atoms with Gasteiger partial charge in [0.25, 0.3) is 5.91 Å². The van der Waals surface area contributed by atoms with Crippen LogP contribution < -0.4 is 10.1 Å².